The molecule has 0 saturated heterocycles. The maximum absolute atomic E-state index is 6.43. The lowest BCUT2D eigenvalue weighted by Crippen LogP contribution is -2.28. The third-order valence-electron chi connectivity index (χ3n) is 16.1. The van der Waals surface area contributed by atoms with Gasteiger partial charge in [-0.25, -0.2) is 0 Å². The van der Waals surface area contributed by atoms with E-state index in [-0.39, 0.29) is 0 Å². The molecule has 0 bridgehead atoms. The van der Waals surface area contributed by atoms with E-state index < -0.39 is 5.41 Å². The molecule has 0 aliphatic heterocycles. The van der Waals surface area contributed by atoms with Crippen molar-refractivity contribution in [1.82, 2.24) is 4.57 Å². The zero-order chi connectivity index (χ0) is 53.6. The van der Waals surface area contributed by atoms with E-state index in [9.17, 15) is 0 Å². The summed E-state index contributed by atoms with van der Waals surface area (Å²) in [6.07, 6.45) is 3.73. The van der Waals surface area contributed by atoms with E-state index in [1.54, 1.807) is 0 Å². The second kappa shape index (κ2) is 20.1. The zero-order valence-corrected chi connectivity index (χ0v) is 44.1. The minimum Gasteiger partial charge on any atom is -0.457 e. The van der Waals surface area contributed by atoms with Crippen LogP contribution in [-0.2, 0) is 5.41 Å². The summed E-state index contributed by atoms with van der Waals surface area (Å²) in [5.74, 6) is 1.55. The van der Waals surface area contributed by atoms with Gasteiger partial charge >= 0.3 is 0 Å². The second-order valence-corrected chi connectivity index (χ2v) is 20.5. The summed E-state index contributed by atoms with van der Waals surface area (Å²) in [5.41, 5.74) is 22.4. The first kappa shape index (κ1) is 47.9. The summed E-state index contributed by atoms with van der Waals surface area (Å²) in [5, 5.41) is 2.42. The number of anilines is 3. The first-order chi connectivity index (χ1) is 39.5. The highest BCUT2D eigenvalue weighted by atomic mass is 16.5. The van der Waals surface area contributed by atoms with Gasteiger partial charge in [-0.05, 0) is 175 Å². The van der Waals surface area contributed by atoms with Crippen LogP contribution in [0.15, 0.2) is 304 Å². The van der Waals surface area contributed by atoms with Crippen molar-refractivity contribution in [2.75, 3.05) is 4.90 Å². The number of fused-ring (bicyclic) bond motifs is 6. The topological polar surface area (TPSA) is 17.4 Å². The van der Waals surface area contributed by atoms with Gasteiger partial charge < -0.3 is 14.2 Å². The molecule has 80 heavy (non-hydrogen) atoms. The van der Waals surface area contributed by atoms with Gasteiger partial charge in [-0.1, -0.05) is 219 Å². The van der Waals surface area contributed by atoms with Crippen LogP contribution in [0.5, 0.6) is 11.5 Å². The molecule has 1 heterocycles. The molecule has 0 radical (unpaired) electrons. The van der Waals surface area contributed by atoms with Crippen LogP contribution >= 0.6 is 0 Å². The number of rotatable bonds is 13. The first-order valence-electron chi connectivity index (χ1n) is 27.3. The van der Waals surface area contributed by atoms with Gasteiger partial charge in [-0.2, -0.15) is 0 Å². The van der Waals surface area contributed by atoms with Gasteiger partial charge in [0.2, 0.25) is 0 Å². The van der Waals surface area contributed by atoms with Crippen molar-refractivity contribution in [1.29, 1.82) is 0 Å². The van der Waals surface area contributed by atoms with Gasteiger partial charge in [-0.15, -0.1) is 0 Å². The van der Waals surface area contributed by atoms with Gasteiger partial charge in [0.1, 0.15) is 11.5 Å². The van der Waals surface area contributed by atoms with Gasteiger partial charge in [0.25, 0.3) is 0 Å². The van der Waals surface area contributed by atoms with Gasteiger partial charge in [0.15, 0.2) is 0 Å². The van der Waals surface area contributed by atoms with E-state index in [0.717, 1.165) is 62.1 Å². The highest BCUT2D eigenvalue weighted by Gasteiger charge is 2.46. The fourth-order valence-corrected chi connectivity index (χ4v) is 12.2. The zero-order valence-electron chi connectivity index (χ0n) is 44.1. The summed E-state index contributed by atoms with van der Waals surface area (Å²) in [6, 6.07) is 106. The van der Waals surface area contributed by atoms with Crippen LogP contribution in [0.4, 0.5) is 17.1 Å². The molecule has 14 rings (SSSR count). The molecular formula is C77H54N2O. The molecule has 1 unspecified atom stereocenters. The number of aromatic nitrogens is 1. The minimum atomic E-state index is -0.640. The van der Waals surface area contributed by atoms with E-state index in [2.05, 4.69) is 290 Å². The Labute approximate surface area is 467 Å². The van der Waals surface area contributed by atoms with E-state index in [1.807, 2.05) is 36.4 Å². The largest absolute Gasteiger partial charge is 0.457 e. The van der Waals surface area contributed by atoms with Crippen molar-refractivity contribution >= 4 is 51.0 Å². The summed E-state index contributed by atoms with van der Waals surface area (Å²) in [6.45, 7) is 7.89. The summed E-state index contributed by atoms with van der Waals surface area (Å²) < 4.78 is 8.82. The van der Waals surface area contributed by atoms with Crippen LogP contribution in [-0.4, -0.2) is 4.57 Å². The second-order valence-electron chi connectivity index (χ2n) is 20.5. The minimum absolute atomic E-state index is 0.640. The van der Waals surface area contributed by atoms with Gasteiger partial charge in [-0.3, -0.25) is 0 Å². The number of hydrogen-bond donors (Lipinski definition) is 0. The fourth-order valence-electron chi connectivity index (χ4n) is 12.2. The van der Waals surface area contributed by atoms with Crippen molar-refractivity contribution in [2.45, 2.75) is 5.41 Å². The lowest BCUT2D eigenvalue weighted by Gasteiger charge is -2.35. The van der Waals surface area contributed by atoms with Crippen LogP contribution in [0.25, 0.3) is 84.2 Å². The molecule has 1 aromatic heterocycles. The van der Waals surface area contributed by atoms with Crippen LogP contribution < -0.4 is 9.64 Å². The van der Waals surface area contributed by atoms with E-state index in [4.69, 9.17) is 4.74 Å². The van der Waals surface area contributed by atoms with Gasteiger partial charge in [0, 0.05) is 33.5 Å². The molecule has 0 fully saturated rings. The maximum atomic E-state index is 6.43. The molecule has 1 aliphatic rings. The Morgan fingerprint density at radius 2 is 0.762 bits per heavy atom. The van der Waals surface area contributed by atoms with Crippen LogP contribution in [0.2, 0.25) is 0 Å². The summed E-state index contributed by atoms with van der Waals surface area (Å²) in [7, 11) is 0. The van der Waals surface area contributed by atoms with Crippen LogP contribution in [0.1, 0.15) is 33.4 Å². The fraction of sp³-hybridized carbons (Fsp3) is 0.0130. The molecule has 0 spiro atoms. The molecule has 3 heteroatoms. The van der Waals surface area contributed by atoms with Gasteiger partial charge in [0.05, 0.1) is 16.4 Å². The first-order valence-corrected chi connectivity index (χ1v) is 27.3. The Balaban J connectivity index is 0.898. The highest BCUT2D eigenvalue weighted by molar-refractivity contribution is 6.11. The maximum Gasteiger partial charge on any atom is 0.127 e. The van der Waals surface area contributed by atoms with Crippen molar-refractivity contribution in [3.8, 4) is 61.7 Å². The summed E-state index contributed by atoms with van der Waals surface area (Å²) >= 11 is 0. The van der Waals surface area contributed by atoms with Crippen LogP contribution in [0.3, 0.4) is 0 Å². The quantitative estimate of drug-likeness (QED) is 0.115. The third kappa shape index (κ3) is 8.32. The lowest BCUT2D eigenvalue weighted by atomic mass is 9.67. The number of ether oxygens (including phenoxy) is 1. The molecule has 378 valence electrons. The molecule has 1 aliphatic carbocycles. The normalized spacial score (nSPS) is 13.4. The number of benzene rings is 12. The van der Waals surface area contributed by atoms with Crippen molar-refractivity contribution in [2.24, 2.45) is 0 Å². The molecule has 0 saturated carbocycles. The average molecular weight is 1020 g/mol. The molecule has 13 aromatic rings. The smallest absolute Gasteiger partial charge is 0.127 e. The third-order valence-corrected chi connectivity index (χ3v) is 16.1. The van der Waals surface area contributed by atoms with Crippen LogP contribution in [0, 0.1) is 0 Å². The molecule has 3 nitrogen and oxygen atoms in total. The van der Waals surface area contributed by atoms with Crippen molar-refractivity contribution in [3.05, 3.63) is 338 Å². The number of nitrogens with zero attached hydrogens (tertiary/aromatic N) is 2. The van der Waals surface area contributed by atoms with Crippen molar-refractivity contribution < 1.29 is 4.74 Å². The molecule has 0 amide bonds. The Kier molecular flexibility index (Phi) is 12.1. The predicted molar refractivity (Wildman–Crippen MR) is 336 cm³/mol. The van der Waals surface area contributed by atoms with E-state index in [1.165, 1.54) is 71.9 Å². The van der Waals surface area contributed by atoms with E-state index in [0.29, 0.717) is 0 Å². The van der Waals surface area contributed by atoms with Crippen molar-refractivity contribution in [3.63, 3.8) is 0 Å². The predicted octanol–water partition coefficient (Wildman–Crippen LogP) is 20.7. The molecule has 12 aromatic carbocycles. The molecule has 1 atom stereocenters. The SMILES string of the molecule is C=Cc1ccc(Oc2ccc(C3(c4ccccc4)c4ccccc4-c4ccc(N(c5ccc(-c6ccccc6)cc5)c5ccc(-c6ccc7c(c6)c6cc(-c8ccc(C=C)cc8)ccc6n7-c6ccccc6)cc5)cc43)cc2)cc1. The molecule has 0 N–H and O–H groups in total. The lowest BCUT2D eigenvalue weighted by molar-refractivity contribution is 0.482. The summed E-state index contributed by atoms with van der Waals surface area (Å²) in [4.78, 5) is 2.41. The number of para-hydroxylation sites is 1. The Morgan fingerprint density at radius 3 is 1.34 bits per heavy atom. The van der Waals surface area contributed by atoms with E-state index >= 15 is 0 Å². The number of hydrogen-bond acceptors (Lipinski definition) is 2. The monoisotopic (exact) mass is 1020 g/mol. The standard InChI is InChI=1S/C77H54N2O/c1-3-53-24-28-57(29-25-53)59-34-48-75-71(50-59)72-51-60(35-49-76(72)79(75)63-20-12-7-13-21-63)58-32-40-65(41-33-58)78(64-38-30-56(31-39-64)55-16-8-5-9-17-55)66-42-47-70-69-22-14-15-23-73(69)77(74(70)52-66,61-18-10-6-11-19-61)62-36-45-68(46-37-62)80-67-43-26-54(4-2)27-44-67/h3-52H,1-2H2. The molecular weight excluding hydrogens is 969 g/mol. The highest BCUT2D eigenvalue weighted by Crippen LogP contribution is 2.57. The Bertz CT molecular complexity index is 4410. The average Bonchev–Trinajstić information content (AvgIpc) is 4.22. The Morgan fingerprint density at radius 1 is 0.338 bits per heavy atom. The Hall–Kier alpha value is -10.5.